The molecule has 10 heteroatoms. The highest BCUT2D eigenvalue weighted by Gasteiger charge is 2.35. The Labute approximate surface area is 192 Å². The minimum Gasteiger partial charge on any atom is -0.394 e. The van der Waals surface area contributed by atoms with Gasteiger partial charge in [0.1, 0.15) is 11.9 Å². The topological polar surface area (TPSA) is 126 Å². The highest BCUT2D eigenvalue weighted by molar-refractivity contribution is 6.06. The van der Waals surface area contributed by atoms with Crippen LogP contribution >= 0.6 is 0 Å². The van der Waals surface area contributed by atoms with Gasteiger partial charge in [0.15, 0.2) is 5.69 Å². The molecular weight excluding hydrogens is 431 g/mol. The maximum absolute atomic E-state index is 14.0. The van der Waals surface area contributed by atoms with Crippen LogP contribution in [0.3, 0.4) is 0 Å². The molecule has 1 aromatic carbocycles. The van der Waals surface area contributed by atoms with Gasteiger partial charge in [-0.3, -0.25) is 14.3 Å². The maximum Gasteiger partial charge on any atom is 0.273 e. The van der Waals surface area contributed by atoms with E-state index in [0.29, 0.717) is 36.6 Å². The van der Waals surface area contributed by atoms with Crippen molar-refractivity contribution in [2.24, 2.45) is 11.3 Å². The molecule has 0 unspecified atom stereocenters. The molecule has 1 atom stereocenters. The summed E-state index contributed by atoms with van der Waals surface area (Å²) in [4.78, 5) is 26.1. The zero-order chi connectivity index (χ0) is 24.2. The second-order valence-corrected chi connectivity index (χ2v) is 9.59. The molecule has 1 aromatic heterocycles. The molecule has 4 N–H and O–H groups in total. The molecule has 182 valence electrons. The Hall–Kier alpha value is -2.56. The number of hydrogen-bond acceptors (Lipinski definition) is 6. The van der Waals surface area contributed by atoms with Gasteiger partial charge in [-0.1, -0.05) is 20.8 Å². The summed E-state index contributed by atoms with van der Waals surface area (Å²) < 4.78 is 21.1. The fraction of sp³-hybridized carbons (Fsp3) is 0.609. The Balaban J connectivity index is 1.88. The summed E-state index contributed by atoms with van der Waals surface area (Å²) in [7, 11) is 0. The van der Waals surface area contributed by atoms with Gasteiger partial charge in [-0.2, -0.15) is 5.10 Å². The summed E-state index contributed by atoms with van der Waals surface area (Å²) in [5.74, 6) is -1.20. The average Bonchev–Trinajstić information content (AvgIpc) is 3.12. The molecule has 0 radical (unpaired) electrons. The van der Waals surface area contributed by atoms with E-state index in [1.807, 2.05) is 0 Å². The highest BCUT2D eigenvalue weighted by Crippen LogP contribution is 2.25. The number of fused-ring (bicyclic) bond motifs is 1. The van der Waals surface area contributed by atoms with Crippen molar-refractivity contribution in [2.75, 3.05) is 26.4 Å². The summed E-state index contributed by atoms with van der Waals surface area (Å²) in [5, 5.41) is 28.9. The molecule has 0 aliphatic carbocycles. The van der Waals surface area contributed by atoms with Crippen LogP contribution in [0.1, 0.15) is 44.1 Å². The van der Waals surface area contributed by atoms with E-state index < -0.39 is 48.3 Å². The van der Waals surface area contributed by atoms with Crippen LogP contribution in [0.25, 0.3) is 10.9 Å². The third-order valence-electron chi connectivity index (χ3n) is 5.89. The van der Waals surface area contributed by atoms with Crippen molar-refractivity contribution in [3.8, 4) is 0 Å². The van der Waals surface area contributed by atoms with Gasteiger partial charge in [0.25, 0.3) is 5.91 Å². The number of halogens is 1. The van der Waals surface area contributed by atoms with Crippen molar-refractivity contribution >= 4 is 22.7 Å². The van der Waals surface area contributed by atoms with Gasteiger partial charge in [0, 0.05) is 25.1 Å². The molecule has 1 fully saturated rings. The van der Waals surface area contributed by atoms with Gasteiger partial charge in [-0.15, -0.1) is 0 Å². The SMILES string of the molecule is CC(C)(C)[C@H](NC(=O)c1nn(CC2CCOCC2)c2cc(F)ccc12)C(=O)NC(CO)CO. The van der Waals surface area contributed by atoms with Crippen molar-refractivity contribution in [3.05, 3.63) is 29.7 Å². The van der Waals surface area contributed by atoms with Crippen molar-refractivity contribution in [1.29, 1.82) is 0 Å². The molecule has 2 aromatic rings. The lowest BCUT2D eigenvalue weighted by Gasteiger charge is -2.31. The first-order chi connectivity index (χ1) is 15.6. The van der Waals surface area contributed by atoms with Crippen LogP contribution in [0.15, 0.2) is 18.2 Å². The number of rotatable bonds is 8. The number of ether oxygens (including phenoxy) is 1. The molecule has 33 heavy (non-hydrogen) atoms. The number of carbonyl (C=O) groups is 2. The van der Waals surface area contributed by atoms with E-state index in [9.17, 15) is 24.2 Å². The Bertz CT molecular complexity index is 977. The number of carbonyl (C=O) groups excluding carboxylic acids is 2. The third kappa shape index (κ3) is 6.07. The first kappa shape index (κ1) is 25.1. The van der Waals surface area contributed by atoms with Gasteiger partial charge in [-0.05, 0) is 42.4 Å². The van der Waals surface area contributed by atoms with E-state index in [2.05, 4.69) is 15.7 Å². The smallest absolute Gasteiger partial charge is 0.273 e. The minimum absolute atomic E-state index is 0.111. The second-order valence-electron chi connectivity index (χ2n) is 9.59. The Kier molecular flexibility index (Phi) is 8.04. The number of nitrogens with one attached hydrogen (secondary N) is 2. The predicted octanol–water partition coefficient (Wildman–Crippen LogP) is 1.22. The fourth-order valence-electron chi connectivity index (χ4n) is 3.94. The molecule has 1 aliphatic rings. The number of nitrogens with zero attached hydrogens (tertiary/aromatic N) is 2. The van der Waals surface area contributed by atoms with Gasteiger partial charge in [0.05, 0.1) is 24.8 Å². The first-order valence-electron chi connectivity index (χ1n) is 11.2. The van der Waals surface area contributed by atoms with Crippen LogP contribution in [-0.4, -0.2) is 70.3 Å². The number of aliphatic hydroxyl groups is 2. The first-order valence-corrected chi connectivity index (χ1v) is 11.2. The zero-order valence-electron chi connectivity index (χ0n) is 19.3. The van der Waals surface area contributed by atoms with E-state index in [1.54, 1.807) is 25.5 Å². The average molecular weight is 465 g/mol. The second kappa shape index (κ2) is 10.6. The normalized spacial score (nSPS) is 16.2. The van der Waals surface area contributed by atoms with Crippen molar-refractivity contribution in [3.63, 3.8) is 0 Å². The van der Waals surface area contributed by atoms with Crippen LogP contribution in [0.4, 0.5) is 4.39 Å². The number of aliphatic hydroxyl groups excluding tert-OH is 2. The monoisotopic (exact) mass is 464 g/mol. The van der Waals surface area contributed by atoms with Crippen LogP contribution < -0.4 is 10.6 Å². The van der Waals surface area contributed by atoms with Crippen molar-refractivity contribution in [1.82, 2.24) is 20.4 Å². The van der Waals surface area contributed by atoms with Crippen LogP contribution in [0.2, 0.25) is 0 Å². The maximum atomic E-state index is 14.0. The van der Waals surface area contributed by atoms with Gasteiger partial charge in [0.2, 0.25) is 5.91 Å². The number of amides is 2. The van der Waals surface area contributed by atoms with Crippen molar-refractivity contribution in [2.45, 2.75) is 52.2 Å². The van der Waals surface area contributed by atoms with Crippen LogP contribution in [0, 0.1) is 17.2 Å². The Morgan fingerprint density at radius 1 is 1.21 bits per heavy atom. The van der Waals surface area contributed by atoms with Crippen molar-refractivity contribution < 1.29 is 28.9 Å². The number of aromatic nitrogens is 2. The minimum atomic E-state index is -0.957. The summed E-state index contributed by atoms with van der Waals surface area (Å²) in [5.41, 5.74) is -0.0362. The van der Waals surface area contributed by atoms with Gasteiger partial charge >= 0.3 is 0 Å². The largest absolute Gasteiger partial charge is 0.394 e. The lowest BCUT2D eigenvalue weighted by Crippen LogP contribution is -2.56. The summed E-state index contributed by atoms with van der Waals surface area (Å²) in [6, 6.07) is 2.37. The van der Waals surface area contributed by atoms with Crippen LogP contribution in [-0.2, 0) is 16.1 Å². The van der Waals surface area contributed by atoms with E-state index in [0.717, 1.165) is 12.8 Å². The number of benzene rings is 1. The molecule has 0 spiro atoms. The third-order valence-corrected chi connectivity index (χ3v) is 5.89. The van der Waals surface area contributed by atoms with Gasteiger partial charge < -0.3 is 25.6 Å². The lowest BCUT2D eigenvalue weighted by atomic mass is 9.85. The van der Waals surface area contributed by atoms with Gasteiger partial charge in [-0.25, -0.2) is 4.39 Å². The van der Waals surface area contributed by atoms with Crippen LogP contribution in [0.5, 0.6) is 0 Å². The fourth-order valence-corrected chi connectivity index (χ4v) is 3.94. The number of hydrogen-bond donors (Lipinski definition) is 4. The molecule has 0 bridgehead atoms. The van der Waals surface area contributed by atoms with E-state index in [-0.39, 0.29) is 5.69 Å². The summed E-state index contributed by atoms with van der Waals surface area (Å²) in [6.07, 6.45) is 1.72. The molecule has 9 nitrogen and oxygen atoms in total. The summed E-state index contributed by atoms with van der Waals surface area (Å²) in [6.45, 7) is 6.38. The quantitative estimate of drug-likeness (QED) is 0.465. The molecule has 2 amide bonds. The molecule has 1 saturated heterocycles. The molecule has 2 heterocycles. The Morgan fingerprint density at radius 3 is 2.48 bits per heavy atom. The van der Waals surface area contributed by atoms with E-state index >= 15 is 0 Å². The highest BCUT2D eigenvalue weighted by atomic mass is 19.1. The summed E-state index contributed by atoms with van der Waals surface area (Å²) >= 11 is 0. The zero-order valence-corrected chi connectivity index (χ0v) is 19.3. The standard InChI is InChI=1S/C23H33FN4O5/c1-23(2,3)20(22(32)25-16(12-29)13-30)26-21(31)19-17-5-4-15(24)10-18(17)28(27-19)11-14-6-8-33-9-7-14/h4-5,10,14,16,20,29-30H,6-9,11-13H2,1-3H3,(H,25,32)(H,26,31)/t20-/m1/s1. The molecule has 3 rings (SSSR count). The predicted molar refractivity (Wildman–Crippen MR) is 120 cm³/mol. The molecular formula is C23H33FN4O5. The van der Waals surface area contributed by atoms with E-state index in [1.165, 1.54) is 18.2 Å². The lowest BCUT2D eigenvalue weighted by molar-refractivity contribution is -0.126. The Morgan fingerprint density at radius 2 is 1.88 bits per heavy atom. The molecule has 1 aliphatic heterocycles. The van der Waals surface area contributed by atoms with E-state index in [4.69, 9.17) is 4.74 Å². The molecule has 0 saturated carbocycles.